The van der Waals surface area contributed by atoms with Gasteiger partial charge in [-0.2, -0.15) is 0 Å². The van der Waals surface area contributed by atoms with Gasteiger partial charge in [-0.1, -0.05) is 60.1 Å². The molecule has 3 aromatic carbocycles. The maximum atomic E-state index is 11.3. The summed E-state index contributed by atoms with van der Waals surface area (Å²) in [5, 5.41) is 9.36. The Bertz CT molecular complexity index is 1210. The van der Waals surface area contributed by atoms with Crippen LogP contribution in [0.5, 0.6) is 0 Å². The molecule has 1 heterocycles. The van der Waals surface area contributed by atoms with Crippen molar-refractivity contribution in [1.82, 2.24) is 15.0 Å². The van der Waals surface area contributed by atoms with Crippen LogP contribution in [0.15, 0.2) is 78.9 Å². The lowest BCUT2D eigenvalue weighted by atomic mass is 10.1. The zero-order valence-corrected chi connectivity index (χ0v) is 16.2. The van der Waals surface area contributed by atoms with Crippen LogP contribution in [0.25, 0.3) is 28.5 Å². The first kappa shape index (κ1) is 18.9. The molecule has 0 aliphatic rings. The van der Waals surface area contributed by atoms with Gasteiger partial charge in [0, 0.05) is 16.7 Å². The third kappa shape index (κ3) is 4.06. The maximum absolute atomic E-state index is 11.3. The molecule has 0 saturated carbocycles. The Morgan fingerprint density at radius 2 is 1.86 bits per heavy atom. The van der Waals surface area contributed by atoms with Gasteiger partial charge < -0.3 is 4.57 Å². The van der Waals surface area contributed by atoms with Gasteiger partial charge in [-0.15, -0.1) is 0 Å². The molecular formula is C23H18ClN3O2. The minimum atomic E-state index is -0.582. The lowest BCUT2D eigenvalue weighted by Crippen LogP contribution is -2.14. The second-order valence-electron chi connectivity index (χ2n) is 6.54. The number of hydrogen-bond acceptors (Lipinski definition) is 3. The standard InChI is InChI=1S/C23H18ClN3O2/c24-19-9-2-1-7-18(19)15-27-21-11-4-3-10-20(21)25-23(27)17-8-5-6-16(14-17)12-13-22(28)26-29/h1-14,29H,15H2,(H,26,28)/b13-12+. The summed E-state index contributed by atoms with van der Waals surface area (Å²) in [5.41, 5.74) is 6.25. The van der Waals surface area contributed by atoms with E-state index in [1.54, 1.807) is 11.6 Å². The molecule has 1 aromatic heterocycles. The number of nitrogens with zero attached hydrogens (tertiary/aromatic N) is 2. The first-order valence-electron chi connectivity index (χ1n) is 9.07. The second kappa shape index (κ2) is 8.31. The molecule has 0 spiro atoms. The van der Waals surface area contributed by atoms with Gasteiger partial charge in [-0.25, -0.2) is 10.5 Å². The van der Waals surface area contributed by atoms with Gasteiger partial charge in [0.1, 0.15) is 5.82 Å². The quantitative estimate of drug-likeness (QED) is 0.282. The van der Waals surface area contributed by atoms with Crippen LogP contribution in [0.3, 0.4) is 0 Å². The molecule has 0 aliphatic carbocycles. The number of benzene rings is 3. The first-order chi connectivity index (χ1) is 14.2. The SMILES string of the molecule is O=C(/C=C/c1cccc(-c2nc3ccccc3n2Cc2ccccc2Cl)c1)NO. The fourth-order valence-corrected chi connectivity index (χ4v) is 3.44. The molecule has 144 valence electrons. The predicted molar refractivity (Wildman–Crippen MR) is 115 cm³/mol. The van der Waals surface area contributed by atoms with E-state index < -0.39 is 5.91 Å². The van der Waals surface area contributed by atoms with Crippen LogP contribution in [0, 0.1) is 0 Å². The van der Waals surface area contributed by atoms with Crippen LogP contribution in [0.2, 0.25) is 5.02 Å². The number of fused-ring (bicyclic) bond motifs is 1. The van der Waals surface area contributed by atoms with Crippen LogP contribution < -0.4 is 5.48 Å². The minimum absolute atomic E-state index is 0.582. The normalized spacial score (nSPS) is 11.2. The molecule has 4 aromatic rings. The molecular weight excluding hydrogens is 386 g/mol. The zero-order valence-electron chi connectivity index (χ0n) is 15.4. The molecule has 2 N–H and O–H groups in total. The molecule has 1 amide bonds. The highest BCUT2D eigenvalue weighted by atomic mass is 35.5. The fraction of sp³-hybridized carbons (Fsp3) is 0.0435. The van der Waals surface area contributed by atoms with Crippen molar-refractivity contribution < 1.29 is 10.0 Å². The number of nitrogens with one attached hydrogen (secondary N) is 1. The van der Waals surface area contributed by atoms with Crippen molar-refractivity contribution in [3.05, 3.63) is 95.0 Å². The van der Waals surface area contributed by atoms with E-state index in [9.17, 15) is 4.79 Å². The summed E-state index contributed by atoms with van der Waals surface area (Å²) in [6.45, 7) is 0.586. The number of amides is 1. The third-order valence-electron chi connectivity index (χ3n) is 4.62. The number of halogens is 1. The molecule has 0 unspecified atom stereocenters. The number of imidazole rings is 1. The number of carbonyl (C=O) groups excluding carboxylic acids is 1. The van der Waals surface area contributed by atoms with Crippen molar-refractivity contribution in [3.8, 4) is 11.4 Å². The lowest BCUT2D eigenvalue weighted by molar-refractivity contribution is -0.124. The fourth-order valence-electron chi connectivity index (χ4n) is 3.24. The van der Waals surface area contributed by atoms with Gasteiger partial charge in [0.15, 0.2) is 0 Å². The summed E-state index contributed by atoms with van der Waals surface area (Å²) in [5.74, 6) is 0.231. The van der Waals surface area contributed by atoms with Gasteiger partial charge >= 0.3 is 0 Å². The van der Waals surface area contributed by atoms with E-state index >= 15 is 0 Å². The predicted octanol–water partition coefficient (Wildman–Crippen LogP) is 4.92. The number of hydrogen-bond donors (Lipinski definition) is 2. The van der Waals surface area contributed by atoms with Crippen molar-refractivity contribution >= 4 is 34.6 Å². The van der Waals surface area contributed by atoms with E-state index in [-0.39, 0.29) is 0 Å². The molecule has 0 aliphatic heterocycles. The molecule has 6 heteroatoms. The minimum Gasteiger partial charge on any atom is -0.319 e. The lowest BCUT2D eigenvalue weighted by Gasteiger charge is -2.11. The van der Waals surface area contributed by atoms with Crippen LogP contribution in [-0.2, 0) is 11.3 Å². The van der Waals surface area contributed by atoms with Crippen molar-refractivity contribution in [2.75, 3.05) is 0 Å². The number of aromatic nitrogens is 2. The van der Waals surface area contributed by atoms with Crippen molar-refractivity contribution in [2.24, 2.45) is 0 Å². The molecule has 5 nitrogen and oxygen atoms in total. The summed E-state index contributed by atoms with van der Waals surface area (Å²) in [6.07, 6.45) is 2.90. The summed E-state index contributed by atoms with van der Waals surface area (Å²) in [7, 11) is 0. The van der Waals surface area contributed by atoms with Crippen molar-refractivity contribution in [3.63, 3.8) is 0 Å². The Morgan fingerprint density at radius 3 is 2.69 bits per heavy atom. The summed E-state index contributed by atoms with van der Waals surface area (Å²) >= 11 is 6.40. The monoisotopic (exact) mass is 403 g/mol. The summed E-state index contributed by atoms with van der Waals surface area (Å²) in [4.78, 5) is 16.1. The maximum Gasteiger partial charge on any atom is 0.267 e. The van der Waals surface area contributed by atoms with Crippen molar-refractivity contribution in [2.45, 2.75) is 6.54 Å². The molecule has 0 saturated heterocycles. The zero-order chi connectivity index (χ0) is 20.2. The average molecular weight is 404 g/mol. The second-order valence-corrected chi connectivity index (χ2v) is 6.94. The first-order valence-corrected chi connectivity index (χ1v) is 9.45. The molecule has 4 rings (SSSR count). The molecule has 0 radical (unpaired) electrons. The molecule has 0 atom stereocenters. The van der Waals surface area contributed by atoms with E-state index in [0.717, 1.165) is 33.5 Å². The van der Waals surface area contributed by atoms with E-state index in [1.165, 1.54) is 6.08 Å². The molecule has 0 bridgehead atoms. The van der Waals surface area contributed by atoms with Gasteiger partial charge in [-0.05, 0) is 41.5 Å². The van der Waals surface area contributed by atoms with Crippen LogP contribution in [-0.4, -0.2) is 20.7 Å². The Balaban J connectivity index is 1.81. The highest BCUT2D eigenvalue weighted by molar-refractivity contribution is 6.31. The van der Waals surface area contributed by atoms with Gasteiger partial charge in [0.2, 0.25) is 0 Å². The van der Waals surface area contributed by atoms with E-state index in [0.29, 0.717) is 11.6 Å². The topological polar surface area (TPSA) is 67.2 Å². The largest absolute Gasteiger partial charge is 0.319 e. The Hall–Kier alpha value is -3.41. The summed E-state index contributed by atoms with van der Waals surface area (Å²) < 4.78 is 2.14. The van der Waals surface area contributed by atoms with Crippen LogP contribution in [0.1, 0.15) is 11.1 Å². The van der Waals surface area contributed by atoms with E-state index in [2.05, 4.69) is 4.57 Å². The smallest absolute Gasteiger partial charge is 0.267 e. The van der Waals surface area contributed by atoms with E-state index in [4.69, 9.17) is 21.8 Å². The molecule has 0 fully saturated rings. The van der Waals surface area contributed by atoms with Gasteiger partial charge in [-0.3, -0.25) is 10.0 Å². The summed E-state index contributed by atoms with van der Waals surface area (Å²) in [6, 6.07) is 23.5. The number of hydroxylamine groups is 1. The highest BCUT2D eigenvalue weighted by Gasteiger charge is 2.14. The highest BCUT2D eigenvalue weighted by Crippen LogP contribution is 2.28. The van der Waals surface area contributed by atoms with Crippen LogP contribution in [0.4, 0.5) is 0 Å². The average Bonchev–Trinajstić information content (AvgIpc) is 3.12. The number of rotatable bonds is 5. The number of carbonyl (C=O) groups is 1. The Labute approximate surface area is 172 Å². The number of para-hydroxylation sites is 2. The van der Waals surface area contributed by atoms with Crippen molar-refractivity contribution in [1.29, 1.82) is 0 Å². The molecule has 29 heavy (non-hydrogen) atoms. The van der Waals surface area contributed by atoms with E-state index in [1.807, 2.05) is 72.8 Å². The Morgan fingerprint density at radius 1 is 1.07 bits per heavy atom. The van der Waals surface area contributed by atoms with Crippen LogP contribution >= 0.6 is 11.6 Å². The Kier molecular flexibility index (Phi) is 5.42. The van der Waals surface area contributed by atoms with Gasteiger partial charge in [0.05, 0.1) is 17.6 Å². The van der Waals surface area contributed by atoms with Gasteiger partial charge in [0.25, 0.3) is 5.91 Å². The third-order valence-corrected chi connectivity index (χ3v) is 4.99.